The monoisotopic (exact) mass is 280 g/mol. The molecule has 5 heteroatoms. The number of nitrogens with one attached hydrogen (secondary N) is 1. The van der Waals surface area contributed by atoms with E-state index in [0.29, 0.717) is 5.52 Å². The molecule has 0 saturated carbocycles. The molecule has 1 heterocycles. The predicted octanol–water partition coefficient (Wildman–Crippen LogP) is 2.74. The predicted molar refractivity (Wildman–Crippen MR) is 65.9 cm³/mol. The highest BCUT2D eigenvalue weighted by atomic mass is 79.9. The van der Waals surface area contributed by atoms with Crippen molar-refractivity contribution in [1.29, 1.82) is 0 Å². The lowest BCUT2D eigenvalue weighted by molar-refractivity contribution is 0.0691. The fourth-order valence-corrected chi connectivity index (χ4v) is 1.88. The number of carboxylic acids is 1. The van der Waals surface area contributed by atoms with Gasteiger partial charge in [0.1, 0.15) is 0 Å². The lowest BCUT2D eigenvalue weighted by atomic mass is 10.1. The molecule has 1 aromatic heterocycles. The standard InChI is InChI=1S/C11H9BrN2O2/c1-13-9-5-10(11(15)16)14-8-3-2-6(12)4-7(8)9/h2-5H,1H3,(H,13,14)(H,15,16). The van der Waals surface area contributed by atoms with E-state index >= 15 is 0 Å². The molecule has 0 aliphatic carbocycles. The first kappa shape index (κ1) is 10.9. The molecule has 0 spiro atoms. The van der Waals surface area contributed by atoms with Crippen LogP contribution in [0.15, 0.2) is 28.7 Å². The summed E-state index contributed by atoms with van der Waals surface area (Å²) in [5.74, 6) is -1.03. The number of halogens is 1. The van der Waals surface area contributed by atoms with Gasteiger partial charge in [-0.25, -0.2) is 9.78 Å². The van der Waals surface area contributed by atoms with Gasteiger partial charge < -0.3 is 10.4 Å². The summed E-state index contributed by atoms with van der Waals surface area (Å²) >= 11 is 3.37. The Balaban J connectivity index is 2.78. The molecule has 0 aliphatic heterocycles. The Hall–Kier alpha value is -1.62. The highest BCUT2D eigenvalue weighted by Crippen LogP contribution is 2.26. The number of carbonyl (C=O) groups is 1. The summed E-state index contributed by atoms with van der Waals surface area (Å²) in [5.41, 5.74) is 1.45. The molecule has 0 aliphatic rings. The van der Waals surface area contributed by atoms with Crippen LogP contribution < -0.4 is 5.32 Å². The summed E-state index contributed by atoms with van der Waals surface area (Å²) in [7, 11) is 1.75. The minimum Gasteiger partial charge on any atom is -0.477 e. The number of rotatable bonds is 2. The van der Waals surface area contributed by atoms with E-state index in [4.69, 9.17) is 5.11 Å². The SMILES string of the molecule is CNc1cc(C(=O)O)nc2ccc(Br)cc12. The molecular formula is C11H9BrN2O2. The molecule has 0 radical (unpaired) electrons. The molecule has 0 unspecified atom stereocenters. The van der Waals surface area contributed by atoms with E-state index < -0.39 is 5.97 Å². The Morgan fingerprint density at radius 1 is 1.44 bits per heavy atom. The average molecular weight is 281 g/mol. The van der Waals surface area contributed by atoms with Crippen molar-refractivity contribution in [1.82, 2.24) is 4.98 Å². The Bertz CT molecular complexity index is 569. The quantitative estimate of drug-likeness (QED) is 0.888. The molecule has 0 fully saturated rings. The smallest absolute Gasteiger partial charge is 0.354 e. The van der Waals surface area contributed by atoms with Gasteiger partial charge >= 0.3 is 5.97 Å². The largest absolute Gasteiger partial charge is 0.477 e. The normalized spacial score (nSPS) is 10.4. The summed E-state index contributed by atoms with van der Waals surface area (Å²) in [6, 6.07) is 7.05. The summed E-state index contributed by atoms with van der Waals surface area (Å²) in [4.78, 5) is 14.9. The minimum atomic E-state index is -1.03. The van der Waals surface area contributed by atoms with Crippen LogP contribution in [0.1, 0.15) is 10.5 Å². The van der Waals surface area contributed by atoms with Crippen LogP contribution in [-0.4, -0.2) is 23.1 Å². The second-order valence-electron chi connectivity index (χ2n) is 3.27. The molecule has 2 rings (SSSR count). The van der Waals surface area contributed by atoms with Crippen molar-refractivity contribution in [3.05, 3.63) is 34.4 Å². The molecule has 2 aromatic rings. The number of nitrogens with zero attached hydrogens (tertiary/aromatic N) is 1. The van der Waals surface area contributed by atoms with Crippen LogP contribution >= 0.6 is 15.9 Å². The van der Waals surface area contributed by atoms with Crippen molar-refractivity contribution in [2.45, 2.75) is 0 Å². The minimum absolute atomic E-state index is 0.0409. The lowest BCUT2D eigenvalue weighted by Crippen LogP contribution is -2.02. The third-order valence-corrected chi connectivity index (χ3v) is 2.75. The van der Waals surface area contributed by atoms with Crippen molar-refractivity contribution in [2.24, 2.45) is 0 Å². The van der Waals surface area contributed by atoms with Gasteiger partial charge in [0, 0.05) is 22.6 Å². The maximum atomic E-state index is 10.9. The zero-order valence-electron chi connectivity index (χ0n) is 8.49. The number of pyridine rings is 1. The van der Waals surface area contributed by atoms with Crippen LogP contribution in [0.25, 0.3) is 10.9 Å². The molecule has 4 nitrogen and oxygen atoms in total. The molecule has 16 heavy (non-hydrogen) atoms. The van der Waals surface area contributed by atoms with E-state index in [1.165, 1.54) is 6.07 Å². The first-order valence-electron chi connectivity index (χ1n) is 4.63. The summed E-state index contributed by atoms with van der Waals surface area (Å²) in [6.45, 7) is 0. The van der Waals surface area contributed by atoms with Crippen LogP contribution in [0, 0.1) is 0 Å². The van der Waals surface area contributed by atoms with Gasteiger partial charge in [0.2, 0.25) is 0 Å². The van der Waals surface area contributed by atoms with Crippen LogP contribution in [0.5, 0.6) is 0 Å². The molecule has 2 N–H and O–H groups in total. The van der Waals surface area contributed by atoms with Gasteiger partial charge in [-0.1, -0.05) is 15.9 Å². The summed E-state index contributed by atoms with van der Waals surface area (Å²) in [5, 5.41) is 12.8. The topological polar surface area (TPSA) is 62.2 Å². The zero-order valence-corrected chi connectivity index (χ0v) is 10.1. The summed E-state index contributed by atoms with van der Waals surface area (Å²) in [6.07, 6.45) is 0. The number of hydrogen-bond donors (Lipinski definition) is 2. The van der Waals surface area contributed by atoms with Crippen molar-refractivity contribution >= 4 is 38.5 Å². The molecule has 0 bridgehead atoms. The average Bonchev–Trinajstić information content (AvgIpc) is 2.27. The van der Waals surface area contributed by atoms with E-state index in [0.717, 1.165) is 15.5 Å². The maximum Gasteiger partial charge on any atom is 0.354 e. The summed E-state index contributed by atoms with van der Waals surface area (Å²) < 4.78 is 0.932. The van der Waals surface area contributed by atoms with Crippen LogP contribution in [-0.2, 0) is 0 Å². The molecule has 0 saturated heterocycles. The molecular weight excluding hydrogens is 272 g/mol. The van der Waals surface area contributed by atoms with E-state index in [1.807, 2.05) is 12.1 Å². The van der Waals surface area contributed by atoms with E-state index in [2.05, 4.69) is 26.2 Å². The first-order valence-corrected chi connectivity index (χ1v) is 5.42. The molecule has 0 amide bonds. The third-order valence-electron chi connectivity index (χ3n) is 2.26. The zero-order chi connectivity index (χ0) is 11.7. The number of benzene rings is 1. The van der Waals surface area contributed by atoms with Gasteiger partial charge in [-0.3, -0.25) is 0 Å². The number of fused-ring (bicyclic) bond motifs is 1. The van der Waals surface area contributed by atoms with Crippen molar-refractivity contribution in [3.63, 3.8) is 0 Å². The van der Waals surface area contributed by atoms with Crippen molar-refractivity contribution in [2.75, 3.05) is 12.4 Å². The second kappa shape index (κ2) is 4.09. The fraction of sp³-hybridized carbons (Fsp3) is 0.0909. The Morgan fingerprint density at radius 3 is 2.81 bits per heavy atom. The van der Waals surface area contributed by atoms with Crippen molar-refractivity contribution in [3.8, 4) is 0 Å². The number of aromatic carboxylic acids is 1. The Morgan fingerprint density at radius 2 is 2.19 bits per heavy atom. The van der Waals surface area contributed by atoms with E-state index in [-0.39, 0.29) is 5.69 Å². The number of aromatic nitrogens is 1. The Kier molecular flexibility index (Phi) is 2.78. The number of hydrogen-bond acceptors (Lipinski definition) is 3. The fourth-order valence-electron chi connectivity index (χ4n) is 1.51. The van der Waals surface area contributed by atoms with Crippen molar-refractivity contribution < 1.29 is 9.90 Å². The molecule has 0 atom stereocenters. The highest BCUT2D eigenvalue weighted by Gasteiger charge is 2.10. The van der Waals surface area contributed by atoms with Gasteiger partial charge in [-0.15, -0.1) is 0 Å². The van der Waals surface area contributed by atoms with Gasteiger partial charge in [0.05, 0.1) is 5.52 Å². The molecule has 82 valence electrons. The van der Waals surface area contributed by atoms with Gasteiger partial charge in [-0.05, 0) is 24.3 Å². The van der Waals surface area contributed by atoms with Gasteiger partial charge in [-0.2, -0.15) is 0 Å². The van der Waals surface area contributed by atoms with Crippen LogP contribution in [0.4, 0.5) is 5.69 Å². The van der Waals surface area contributed by atoms with Crippen LogP contribution in [0.3, 0.4) is 0 Å². The van der Waals surface area contributed by atoms with Gasteiger partial charge in [0.25, 0.3) is 0 Å². The second-order valence-corrected chi connectivity index (χ2v) is 4.19. The number of anilines is 1. The van der Waals surface area contributed by atoms with E-state index in [1.54, 1.807) is 13.1 Å². The maximum absolute atomic E-state index is 10.9. The van der Waals surface area contributed by atoms with Gasteiger partial charge in [0.15, 0.2) is 5.69 Å². The van der Waals surface area contributed by atoms with Crippen LogP contribution in [0.2, 0.25) is 0 Å². The molecule has 1 aromatic carbocycles. The Labute approximate surface area is 100 Å². The number of carboxylic acid groups (broad SMARTS) is 1. The first-order chi connectivity index (χ1) is 7.61. The lowest BCUT2D eigenvalue weighted by Gasteiger charge is -2.07. The highest BCUT2D eigenvalue weighted by molar-refractivity contribution is 9.10. The van der Waals surface area contributed by atoms with E-state index in [9.17, 15) is 4.79 Å². The third kappa shape index (κ3) is 1.86.